The van der Waals surface area contributed by atoms with E-state index < -0.39 is 0 Å². The second-order valence-electron chi connectivity index (χ2n) is 7.19. The van der Waals surface area contributed by atoms with Gasteiger partial charge in [0.05, 0.1) is 14.2 Å². The van der Waals surface area contributed by atoms with Crippen LogP contribution in [0.1, 0.15) is 24.4 Å². The smallest absolute Gasteiger partial charge is 0.203 e. The lowest BCUT2D eigenvalue weighted by Gasteiger charge is -2.16. The molecule has 6 nitrogen and oxygen atoms in total. The van der Waals surface area contributed by atoms with Gasteiger partial charge in [0.15, 0.2) is 12.5 Å². The number of hydrogen-bond donors (Lipinski definition) is 1. The maximum atomic E-state index is 6.17. The van der Waals surface area contributed by atoms with Gasteiger partial charge in [-0.25, -0.2) is 0 Å². The van der Waals surface area contributed by atoms with Crippen molar-refractivity contribution in [1.82, 2.24) is 19.3 Å². The van der Waals surface area contributed by atoms with Gasteiger partial charge in [-0.3, -0.25) is 9.55 Å². The van der Waals surface area contributed by atoms with E-state index in [1.54, 1.807) is 19.5 Å². The second-order valence-corrected chi connectivity index (χ2v) is 7.99. The first-order valence-corrected chi connectivity index (χ1v) is 10.1. The van der Waals surface area contributed by atoms with Crippen LogP contribution < -0.4 is 9.64 Å². The van der Waals surface area contributed by atoms with Crippen LogP contribution in [0.4, 0.5) is 0 Å². The lowest BCUT2D eigenvalue weighted by atomic mass is 10.2. The largest absolute Gasteiger partial charge is 0.496 e. The van der Waals surface area contributed by atoms with Crippen molar-refractivity contribution in [3.63, 3.8) is 0 Å². The van der Waals surface area contributed by atoms with Crippen molar-refractivity contribution >= 4 is 23.8 Å². The number of benzene rings is 1. The van der Waals surface area contributed by atoms with Gasteiger partial charge in [-0.2, -0.15) is 4.68 Å². The lowest BCUT2D eigenvalue weighted by molar-refractivity contribution is -0.917. The van der Waals surface area contributed by atoms with Crippen LogP contribution in [0, 0.1) is 4.77 Å². The molecule has 8 heteroatoms. The van der Waals surface area contributed by atoms with E-state index in [0.29, 0.717) is 17.7 Å². The van der Waals surface area contributed by atoms with Gasteiger partial charge in [0, 0.05) is 34.6 Å². The van der Waals surface area contributed by atoms with Crippen LogP contribution in [0.15, 0.2) is 42.7 Å². The van der Waals surface area contributed by atoms with E-state index in [9.17, 15) is 0 Å². The molecule has 1 N–H and O–H groups in total. The van der Waals surface area contributed by atoms with Gasteiger partial charge >= 0.3 is 0 Å². The Morgan fingerprint density at radius 1 is 1.25 bits per heavy atom. The van der Waals surface area contributed by atoms with Crippen molar-refractivity contribution in [2.45, 2.75) is 32.1 Å². The maximum Gasteiger partial charge on any atom is 0.203 e. The number of nitrogens with zero attached hydrogens (tertiary/aromatic N) is 4. The minimum absolute atomic E-state index is 0.456. The number of nitrogens with one attached hydrogen (secondary N) is 1. The predicted octanol–water partition coefficient (Wildman–Crippen LogP) is 3.15. The summed E-state index contributed by atoms with van der Waals surface area (Å²) in [6, 6.07) is 10.1. The van der Waals surface area contributed by atoms with Gasteiger partial charge in [-0.1, -0.05) is 11.6 Å². The number of rotatable bonds is 7. The molecule has 1 fully saturated rings. The Labute approximate surface area is 174 Å². The highest BCUT2D eigenvalue weighted by molar-refractivity contribution is 7.71. The van der Waals surface area contributed by atoms with Crippen molar-refractivity contribution in [3.8, 4) is 17.1 Å². The number of methoxy groups -OCH3 is 1. The molecule has 0 bridgehead atoms. The van der Waals surface area contributed by atoms with E-state index in [4.69, 9.17) is 33.7 Å². The fourth-order valence-corrected chi connectivity index (χ4v) is 3.94. The highest BCUT2D eigenvalue weighted by atomic mass is 35.5. The SMILES string of the molecule is COc1ccc(Cl)cc1C[NH+](C)Cn1nc(-c2ccncc2)n(C2CC2)c1=S. The van der Waals surface area contributed by atoms with E-state index in [-0.39, 0.29) is 0 Å². The van der Waals surface area contributed by atoms with Gasteiger partial charge in [0.1, 0.15) is 12.3 Å². The molecular formula is C20H23ClN5OS+. The highest BCUT2D eigenvalue weighted by Crippen LogP contribution is 2.38. The first kappa shape index (κ1) is 19.1. The predicted molar refractivity (Wildman–Crippen MR) is 111 cm³/mol. The molecule has 0 amide bonds. The topological polar surface area (TPSA) is 49.3 Å². The standard InChI is InChI=1S/C20H22ClN5OS/c1-24(12-15-11-16(21)3-6-18(15)27-2)13-25-20(28)26(17-4-5-17)19(23-25)14-7-9-22-10-8-14/h3,6-11,17H,4-5,12-13H2,1-2H3/p+1. The number of ether oxygens (including phenoxy) is 1. The fraction of sp³-hybridized carbons (Fsp3) is 0.350. The molecule has 1 unspecified atom stereocenters. The van der Waals surface area contributed by atoms with Crippen molar-refractivity contribution in [2.75, 3.05) is 14.2 Å². The summed E-state index contributed by atoms with van der Waals surface area (Å²) in [7, 11) is 3.79. The summed E-state index contributed by atoms with van der Waals surface area (Å²) in [5.74, 6) is 1.76. The molecule has 4 rings (SSSR count). The van der Waals surface area contributed by atoms with Gasteiger partial charge in [0.25, 0.3) is 0 Å². The molecule has 1 aliphatic carbocycles. The summed E-state index contributed by atoms with van der Waals surface area (Å²) in [5.41, 5.74) is 2.11. The van der Waals surface area contributed by atoms with E-state index in [1.807, 2.05) is 35.0 Å². The average Bonchev–Trinajstić information content (AvgIpc) is 3.47. The number of quaternary nitrogens is 1. The average molecular weight is 417 g/mol. The Balaban J connectivity index is 1.60. The van der Waals surface area contributed by atoms with Gasteiger partial charge in [-0.15, -0.1) is 5.10 Å². The van der Waals surface area contributed by atoms with E-state index in [2.05, 4.69) is 16.6 Å². The molecule has 0 radical (unpaired) electrons. The molecule has 2 heterocycles. The highest BCUT2D eigenvalue weighted by Gasteiger charge is 2.29. The summed E-state index contributed by atoms with van der Waals surface area (Å²) < 4.78 is 10.4. The van der Waals surface area contributed by atoms with E-state index in [1.165, 1.54) is 4.90 Å². The van der Waals surface area contributed by atoms with Crippen LogP contribution in [0.25, 0.3) is 11.4 Å². The second kappa shape index (κ2) is 8.03. The monoisotopic (exact) mass is 416 g/mol. The molecule has 1 saturated carbocycles. The van der Waals surface area contributed by atoms with Crippen molar-refractivity contribution in [3.05, 3.63) is 58.1 Å². The van der Waals surface area contributed by atoms with Crippen molar-refractivity contribution < 1.29 is 9.64 Å². The molecule has 3 aromatic rings. The van der Waals surface area contributed by atoms with Crippen LogP contribution in [0.2, 0.25) is 5.02 Å². The summed E-state index contributed by atoms with van der Waals surface area (Å²) in [4.78, 5) is 5.35. The first-order valence-electron chi connectivity index (χ1n) is 9.30. The number of pyridine rings is 1. The fourth-order valence-electron chi connectivity index (χ4n) is 3.40. The summed E-state index contributed by atoms with van der Waals surface area (Å²) in [6.45, 7) is 1.42. The van der Waals surface area contributed by atoms with E-state index >= 15 is 0 Å². The minimum atomic E-state index is 0.456. The Bertz CT molecular complexity index is 1030. The number of hydrogen-bond acceptors (Lipinski definition) is 4. The van der Waals surface area contributed by atoms with Crippen molar-refractivity contribution in [2.24, 2.45) is 0 Å². The molecule has 0 spiro atoms. The van der Waals surface area contributed by atoms with Crippen LogP contribution in [0.5, 0.6) is 5.75 Å². The normalized spacial score (nSPS) is 14.8. The Hall–Kier alpha value is -2.22. The molecule has 1 aromatic carbocycles. The van der Waals surface area contributed by atoms with Gasteiger partial charge in [-0.05, 0) is 55.4 Å². The third-order valence-electron chi connectivity index (χ3n) is 4.88. The molecule has 1 atom stereocenters. The van der Waals surface area contributed by atoms with Gasteiger partial charge < -0.3 is 9.64 Å². The maximum absolute atomic E-state index is 6.17. The third-order valence-corrected chi connectivity index (χ3v) is 5.52. The quantitative estimate of drug-likeness (QED) is 0.601. The molecule has 0 saturated heterocycles. The molecular weight excluding hydrogens is 394 g/mol. The Morgan fingerprint density at radius 3 is 2.68 bits per heavy atom. The van der Waals surface area contributed by atoms with Crippen molar-refractivity contribution in [1.29, 1.82) is 0 Å². The minimum Gasteiger partial charge on any atom is -0.496 e. The molecule has 28 heavy (non-hydrogen) atoms. The zero-order valence-electron chi connectivity index (χ0n) is 15.9. The van der Waals surface area contributed by atoms with Crippen LogP contribution in [0.3, 0.4) is 0 Å². The van der Waals surface area contributed by atoms with Crippen LogP contribution in [-0.4, -0.2) is 33.5 Å². The number of halogens is 1. The summed E-state index contributed by atoms with van der Waals surface area (Å²) >= 11 is 11.9. The van der Waals surface area contributed by atoms with Gasteiger partial charge in [0.2, 0.25) is 4.77 Å². The number of aromatic nitrogens is 4. The van der Waals surface area contributed by atoms with E-state index in [0.717, 1.165) is 46.9 Å². The summed E-state index contributed by atoms with van der Waals surface area (Å²) in [6.07, 6.45) is 5.88. The Kier molecular flexibility index (Phi) is 5.48. The van der Waals surface area contributed by atoms with Crippen LogP contribution in [-0.2, 0) is 13.2 Å². The molecule has 146 valence electrons. The molecule has 0 aliphatic heterocycles. The van der Waals surface area contributed by atoms with Crippen LogP contribution >= 0.6 is 23.8 Å². The first-order chi connectivity index (χ1) is 13.6. The molecule has 2 aromatic heterocycles. The third kappa shape index (κ3) is 3.97. The lowest BCUT2D eigenvalue weighted by Crippen LogP contribution is -3.07. The zero-order chi connectivity index (χ0) is 19.7. The Morgan fingerprint density at radius 2 is 2.00 bits per heavy atom. The summed E-state index contributed by atoms with van der Waals surface area (Å²) in [5, 5.41) is 5.56. The zero-order valence-corrected chi connectivity index (χ0v) is 17.5. The molecule has 1 aliphatic rings.